The lowest BCUT2D eigenvalue weighted by Gasteiger charge is -2.41. The Labute approximate surface area is 337 Å². The van der Waals surface area contributed by atoms with Gasteiger partial charge in [0.2, 0.25) is 0 Å². The lowest BCUT2D eigenvalue weighted by molar-refractivity contribution is 0.233. The first-order valence-corrected chi connectivity index (χ1v) is 21.2. The largest absolute Gasteiger partial charge is 0.228 e. The molecule has 1 heterocycles. The zero-order valence-electron chi connectivity index (χ0n) is 33.0. The van der Waals surface area contributed by atoms with E-state index in [-0.39, 0.29) is 10.8 Å². The van der Waals surface area contributed by atoms with Crippen LogP contribution in [0.3, 0.4) is 0 Å². The molecule has 0 saturated heterocycles. The van der Waals surface area contributed by atoms with Crippen molar-refractivity contribution in [1.29, 1.82) is 0 Å². The van der Waals surface area contributed by atoms with E-state index in [0.29, 0.717) is 11.8 Å². The van der Waals surface area contributed by atoms with Gasteiger partial charge in [-0.25, -0.2) is 9.97 Å². The van der Waals surface area contributed by atoms with Crippen LogP contribution in [-0.4, -0.2) is 9.97 Å². The van der Waals surface area contributed by atoms with E-state index in [2.05, 4.69) is 166 Å². The SMILES string of the molecule is CC1(C)C2=CC3c4ccccc4C4(CCCCC4)C3C=C2c2cc(-c3ccc(-c4cc(-c5ccc(C6=CCCC=C6)cc5)nc(-c5ccccc5)n4)cc3)ccc21. The van der Waals surface area contributed by atoms with Gasteiger partial charge in [-0.1, -0.05) is 179 Å². The lowest BCUT2D eigenvalue weighted by Crippen LogP contribution is -2.35. The minimum Gasteiger partial charge on any atom is -0.228 e. The van der Waals surface area contributed by atoms with E-state index >= 15 is 0 Å². The van der Waals surface area contributed by atoms with Gasteiger partial charge in [-0.2, -0.15) is 0 Å². The lowest BCUT2D eigenvalue weighted by atomic mass is 9.62. The minimum absolute atomic E-state index is 0.0303. The maximum Gasteiger partial charge on any atom is 0.160 e. The molecule has 0 radical (unpaired) electrons. The maximum atomic E-state index is 5.14. The Morgan fingerprint density at radius 1 is 0.561 bits per heavy atom. The molecule has 2 nitrogen and oxygen atoms in total. The second-order valence-electron chi connectivity index (χ2n) is 17.5. The van der Waals surface area contributed by atoms with E-state index in [9.17, 15) is 0 Å². The Morgan fingerprint density at radius 2 is 1.23 bits per heavy atom. The van der Waals surface area contributed by atoms with E-state index < -0.39 is 0 Å². The van der Waals surface area contributed by atoms with Crippen molar-refractivity contribution in [3.05, 3.63) is 191 Å². The Morgan fingerprint density at radius 3 is 1.95 bits per heavy atom. The van der Waals surface area contributed by atoms with Crippen LogP contribution in [0.1, 0.15) is 92.5 Å². The van der Waals surface area contributed by atoms with Gasteiger partial charge < -0.3 is 0 Å². The molecule has 0 N–H and O–H groups in total. The van der Waals surface area contributed by atoms with Crippen LogP contribution in [0.5, 0.6) is 0 Å². The summed E-state index contributed by atoms with van der Waals surface area (Å²) in [5.41, 5.74) is 19.4. The summed E-state index contributed by atoms with van der Waals surface area (Å²) in [7, 11) is 0. The van der Waals surface area contributed by atoms with Gasteiger partial charge in [-0.15, -0.1) is 0 Å². The highest BCUT2D eigenvalue weighted by molar-refractivity contribution is 5.93. The molecule has 1 spiro atoms. The maximum absolute atomic E-state index is 5.14. The molecule has 2 unspecified atom stereocenters. The van der Waals surface area contributed by atoms with Crippen molar-refractivity contribution in [2.24, 2.45) is 5.92 Å². The van der Waals surface area contributed by atoms with Crippen LogP contribution in [0.15, 0.2) is 163 Å². The molecule has 1 aromatic heterocycles. The number of aromatic nitrogens is 2. The molecule has 0 bridgehead atoms. The smallest absolute Gasteiger partial charge is 0.160 e. The van der Waals surface area contributed by atoms with Crippen LogP contribution in [-0.2, 0) is 10.8 Å². The summed E-state index contributed by atoms with van der Waals surface area (Å²) in [6, 6.07) is 47.0. The van der Waals surface area contributed by atoms with Crippen LogP contribution in [0.25, 0.3) is 56.2 Å². The average Bonchev–Trinajstić information content (AvgIpc) is 3.66. The molecule has 11 rings (SSSR count). The summed E-state index contributed by atoms with van der Waals surface area (Å²) < 4.78 is 0. The first-order chi connectivity index (χ1) is 28.0. The predicted molar refractivity (Wildman–Crippen MR) is 237 cm³/mol. The Balaban J connectivity index is 0.943. The Hall–Kier alpha value is -5.86. The van der Waals surface area contributed by atoms with E-state index in [1.54, 1.807) is 11.1 Å². The van der Waals surface area contributed by atoms with Gasteiger partial charge in [-0.3, -0.25) is 0 Å². The van der Waals surface area contributed by atoms with Crippen molar-refractivity contribution in [2.45, 2.75) is 75.5 Å². The van der Waals surface area contributed by atoms with Gasteiger partial charge in [-0.05, 0) is 99.4 Å². The molecule has 5 aliphatic rings. The van der Waals surface area contributed by atoms with E-state index in [0.717, 1.165) is 46.7 Å². The van der Waals surface area contributed by atoms with Gasteiger partial charge in [0.15, 0.2) is 5.82 Å². The number of allylic oxidation sites excluding steroid dienone is 8. The quantitative estimate of drug-likeness (QED) is 0.176. The monoisotopic (exact) mass is 736 g/mol. The molecule has 57 heavy (non-hydrogen) atoms. The minimum atomic E-state index is -0.0303. The van der Waals surface area contributed by atoms with Crippen molar-refractivity contribution in [2.75, 3.05) is 0 Å². The molecule has 2 atom stereocenters. The summed E-state index contributed by atoms with van der Waals surface area (Å²) >= 11 is 0. The number of rotatable bonds is 5. The van der Waals surface area contributed by atoms with Crippen LogP contribution < -0.4 is 0 Å². The van der Waals surface area contributed by atoms with E-state index in [4.69, 9.17) is 9.97 Å². The number of nitrogens with zero attached hydrogens (tertiary/aromatic N) is 2. The van der Waals surface area contributed by atoms with Crippen molar-refractivity contribution in [3.8, 4) is 45.0 Å². The normalized spacial score (nSPS) is 20.8. The Kier molecular flexibility index (Phi) is 8.07. The highest BCUT2D eigenvalue weighted by atomic mass is 14.9. The summed E-state index contributed by atoms with van der Waals surface area (Å²) in [5.74, 6) is 1.74. The van der Waals surface area contributed by atoms with Gasteiger partial charge >= 0.3 is 0 Å². The van der Waals surface area contributed by atoms with E-state index in [1.807, 2.05) is 6.07 Å². The fourth-order valence-electron chi connectivity index (χ4n) is 11.1. The molecule has 0 amide bonds. The number of benzene rings is 5. The van der Waals surface area contributed by atoms with Crippen molar-refractivity contribution in [1.82, 2.24) is 9.97 Å². The summed E-state index contributed by atoms with van der Waals surface area (Å²) in [4.78, 5) is 10.2. The van der Waals surface area contributed by atoms with Crippen LogP contribution in [0.2, 0.25) is 0 Å². The zero-order valence-corrected chi connectivity index (χ0v) is 33.0. The zero-order chi connectivity index (χ0) is 38.1. The molecule has 278 valence electrons. The highest BCUT2D eigenvalue weighted by Crippen LogP contribution is 2.64. The third-order valence-electron chi connectivity index (χ3n) is 14.0. The highest BCUT2D eigenvalue weighted by Gasteiger charge is 2.53. The molecule has 2 heteroatoms. The van der Waals surface area contributed by atoms with Crippen molar-refractivity contribution < 1.29 is 0 Å². The van der Waals surface area contributed by atoms with Gasteiger partial charge in [0.05, 0.1) is 11.4 Å². The molecular weight excluding hydrogens is 689 g/mol. The average molecular weight is 737 g/mol. The number of hydrogen-bond acceptors (Lipinski definition) is 2. The number of hydrogen-bond donors (Lipinski definition) is 0. The van der Waals surface area contributed by atoms with E-state index in [1.165, 1.54) is 76.6 Å². The second kappa shape index (κ2) is 13.4. The fraction of sp³-hybridized carbons (Fsp3) is 0.236. The van der Waals surface area contributed by atoms with Gasteiger partial charge in [0, 0.05) is 33.4 Å². The van der Waals surface area contributed by atoms with Crippen molar-refractivity contribution >= 4 is 11.1 Å². The van der Waals surface area contributed by atoms with Crippen LogP contribution in [0.4, 0.5) is 0 Å². The second-order valence-corrected chi connectivity index (χ2v) is 17.5. The first-order valence-electron chi connectivity index (χ1n) is 21.2. The molecular formula is C55H48N2. The molecule has 5 aromatic carbocycles. The molecule has 5 aliphatic carbocycles. The standard InChI is InChI=1S/C55H48N2/c1-54(2)47-29-28-42(32-44(47)46-34-50-45(33-49(46)54)43-18-10-11-19-48(43)55(50)30-12-5-13-31-55)38-22-26-40(27-23-38)52-35-51(56-53(57-52)41-16-8-4-9-17-41)39-24-20-37(21-25-39)36-14-6-3-7-15-36/h4,6,8-11,14-29,32-35,45,50H,3,5,7,12-13,30-31H2,1-2H3. The van der Waals surface area contributed by atoms with Crippen LogP contribution in [0, 0.1) is 5.92 Å². The van der Waals surface area contributed by atoms with Crippen molar-refractivity contribution in [3.63, 3.8) is 0 Å². The van der Waals surface area contributed by atoms with Gasteiger partial charge in [0.1, 0.15) is 0 Å². The fourth-order valence-corrected chi connectivity index (χ4v) is 11.1. The topological polar surface area (TPSA) is 25.8 Å². The summed E-state index contributed by atoms with van der Waals surface area (Å²) in [6.07, 6.45) is 21.1. The molecule has 6 aromatic rings. The third-order valence-corrected chi connectivity index (χ3v) is 14.0. The Bertz CT molecular complexity index is 2660. The first kappa shape index (κ1) is 34.4. The molecule has 0 aliphatic heterocycles. The predicted octanol–water partition coefficient (Wildman–Crippen LogP) is 14.1. The van der Waals surface area contributed by atoms with Crippen LogP contribution >= 0.6 is 0 Å². The van der Waals surface area contributed by atoms with Gasteiger partial charge in [0.25, 0.3) is 0 Å². The molecule has 1 saturated carbocycles. The third kappa shape index (κ3) is 5.59. The molecule has 1 fully saturated rings. The summed E-state index contributed by atoms with van der Waals surface area (Å²) in [5, 5.41) is 0. The summed E-state index contributed by atoms with van der Waals surface area (Å²) in [6.45, 7) is 4.87. The number of fused-ring (bicyclic) bond motifs is 8.